The fourth-order valence-electron chi connectivity index (χ4n) is 3.36. The molecule has 1 N–H and O–H groups in total. The number of carbonyl (C=O) groups excluding carboxylic acids is 1. The molecule has 1 aliphatic heterocycles. The van der Waals surface area contributed by atoms with Gasteiger partial charge in [-0.15, -0.1) is 0 Å². The monoisotopic (exact) mass is 431 g/mol. The fraction of sp³-hybridized carbons (Fsp3) is 0.400. The lowest BCUT2D eigenvalue weighted by Crippen LogP contribution is -2.31. The first kappa shape index (κ1) is 20.0. The molecule has 1 unspecified atom stereocenters. The zero-order valence-electron chi connectivity index (χ0n) is 16.3. The third-order valence-corrected chi connectivity index (χ3v) is 6.22. The lowest BCUT2D eigenvalue weighted by Gasteiger charge is -2.14. The summed E-state index contributed by atoms with van der Waals surface area (Å²) in [5, 5.41) is 8.92. The Labute approximate surface area is 177 Å². The second-order valence-electron chi connectivity index (χ2n) is 7.54. The first-order valence-electron chi connectivity index (χ1n) is 9.59. The van der Waals surface area contributed by atoms with Crippen molar-refractivity contribution in [3.63, 3.8) is 0 Å². The summed E-state index contributed by atoms with van der Waals surface area (Å²) in [6.07, 6.45) is 2.74. The van der Waals surface area contributed by atoms with Crippen LogP contribution in [0.4, 0.5) is 0 Å². The van der Waals surface area contributed by atoms with Crippen LogP contribution in [-0.4, -0.2) is 37.5 Å². The van der Waals surface area contributed by atoms with Crippen LogP contribution in [0.15, 0.2) is 40.4 Å². The van der Waals surface area contributed by atoms with E-state index >= 15 is 0 Å². The van der Waals surface area contributed by atoms with Crippen LogP contribution < -0.4 is 10.9 Å². The zero-order chi connectivity index (χ0) is 20.5. The van der Waals surface area contributed by atoms with Crippen LogP contribution in [0.1, 0.15) is 32.7 Å². The Kier molecular flexibility index (Phi) is 5.65. The smallest absolute Gasteiger partial charge is 0.265 e. The molecule has 0 bridgehead atoms. The molecule has 0 aliphatic carbocycles. The molecule has 0 fully saturated rings. The van der Waals surface area contributed by atoms with E-state index in [0.717, 1.165) is 12.1 Å². The van der Waals surface area contributed by atoms with Gasteiger partial charge in [0.25, 0.3) is 5.56 Å². The maximum Gasteiger partial charge on any atom is 0.265 e. The quantitative estimate of drug-likeness (QED) is 0.604. The highest BCUT2D eigenvalue weighted by Crippen LogP contribution is 2.33. The highest BCUT2D eigenvalue weighted by atomic mass is 35.5. The van der Waals surface area contributed by atoms with E-state index in [2.05, 4.69) is 29.2 Å². The molecule has 0 saturated carbocycles. The summed E-state index contributed by atoms with van der Waals surface area (Å²) in [5.41, 5.74) is 1.08. The number of amides is 1. The molecular formula is C20H22ClN5O2S. The Morgan fingerprint density at radius 1 is 1.41 bits per heavy atom. The second kappa shape index (κ2) is 8.20. The number of carbonyl (C=O) groups is 1. The highest BCUT2D eigenvalue weighted by Gasteiger charge is 2.29. The van der Waals surface area contributed by atoms with Gasteiger partial charge in [0.15, 0.2) is 10.8 Å². The van der Waals surface area contributed by atoms with E-state index in [1.807, 2.05) is 12.1 Å². The molecule has 1 aromatic carbocycles. The summed E-state index contributed by atoms with van der Waals surface area (Å²) in [6, 6.07) is 7.05. The van der Waals surface area contributed by atoms with Crippen LogP contribution in [0.5, 0.6) is 0 Å². The Balaban J connectivity index is 1.62. The van der Waals surface area contributed by atoms with Gasteiger partial charge in [0.1, 0.15) is 5.39 Å². The largest absolute Gasteiger partial charge is 0.356 e. The maximum atomic E-state index is 13.1. The van der Waals surface area contributed by atoms with Crippen molar-refractivity contribution in [2.24, 2.45) is 5.92 Å². The number of aromatic nitrogens is 4. The van der Waals surface area contributed by atoms with Crippen LogP contribution in [0, 0.1) is 5.92 Å². The van der Waals surface area contributed by atoms with Gasteiger partial charge in [-0.25, -0.2) is 9.67 Å². The second-order valence-corrected chi connectivity index (χ2v) is 8.97. The standard InChI is InChI=1S/C20H22ClN5O2S/c1-12(2)6-7-22-17(27)9-15-11-29-20-24-18-16(19(28)25(15)20)10-23-26(18)14-5-3-4-13(21)8-14/h3-5,8,10,12,15H,6-7,9,11H2,1-2H3,(H,22,27). The number of hydrogen-bond donors (Lipinski definition) is 1. The molecule has 3 aromatic rings. The number of nitrogens with one attached hydrogen (secondary N) is 1. The average Bonchev–Trinajstić information content (AvgIpc) is 3.26. The van der Waals surface area contributed by atoms with Gasteiger partial charge < -0.3 is 5.32 Å². The van der Waals surface area contributed by atoms with Gasteiger partial charge in [-0.05, 0) is 30.5 Å². The van der Waals surface area contributed by atoms with Crippen LogP contribution in [0.25, 0.3) is 16.7 Å². The van der Waals surface area contributed by atoms with Crippen molar-refractivity contribution in [2.45, 2.75) is 37.9 Å². The fourth-order valence-corrected chi connectivity index (χ4v) is 4.68. The minimum atomic E-state index is -0.201. The van der Waals surface area contributed by atoms with Gasteiger partial charge in [0.05, 0.1) is 17.9 Å². The van der Waals surface area contributed by atoms with Crippen LogP contribution in [0.2, 0.25) is 5.02 Å². The number of hydrogen-bond acceptors (Lipinski definition) is 5. The van der Waals surface area contributed by atoms with Crippen LogP contribution in [-0.2, 0) is 4.79 Å². The molecule has 7 nitrogen and oxygen atoms in total. The normalized spacial score (nSPS) is 15.8. The van der Waals surface area contributed by atoms with Crippen LogP contribution >= 0.6 is 23.4 Å². The summed E-state index contributed by atoms with van der Waals surface area (Å²) >= 11 is 7.58. The lowest BCUT2D eigenvalue weighted by molar-refractivity contribution is -0.121. The van der Waals surface area contributed by atoms with Crippen molar-refractivity contribution in [1.29, 1.82) is 0 Å². The molecule has 152 valence electrons. The van der Waals surface area contributed by atoms with E-state index in [1.165, 1.54) is 18.0 Å². The summed E-state index contributed by atoms with van der Waals surface area (Å²) in [5.74, 6) is 1.15. The van der Waals surface area contributed by atoms with E-state index in [1.54, 1.807) is 21.4 Å². The van der Waals surface area contributed by atoms with E-state index in [9.17, 15) is 9.59 Å². The minimum absolute atomic E-state index is 0.0364. The Bertz CT molecular complexity index is 1120. The third kappa shape index (κ3) is 4.04. The van der Waals surface area contributed by atoms with Crippen molar-refractivity contribution < 1.29 is 4.79 Å². The molecule has 1 amide bonds. The molecule has 0 spiro atoms. The molecular weight excluding hydrogens is 410 g/mol. The van der Waals surface area contributed by atoms with Gasteiger partial charge in [-0.1, -0.05) is 43.3 Å². The van der Waals surface area contributed by atoms with E-state index in [4.69, 9.17) is 11.6 Å². The van der Waals surface area contributed by atoms with Crippen molar-refractivity contribution in [2.75, 3.05) is 12.3 Å². The van der Waals surface area contributed by atoms with Crippen LogP contribution in [0.3, 0.4) is 0 Å². The molecule has 1 aliphatic rings. The van der Waals surface area contributed by atoms with Gasteiger partial charge >= 0.3 is 0 Å². The minimum Gasteiger partial charge on any atom is -0.356 e. The number of benzene rings is 1. The molecule has 0 radical (unpaired) electrons. The van der Waals surface area contributed by atoms with Crippen molar-refractivity contribution in [3.8, 4) is 5.69 Å². The number of fused-ring (bicyclic) bond motifs is 2. The number of nitrogens with zero attached hydrogens (tertiary/aromatic N) is 4. The van der Waals surface area contributed by atoms with Crippen molar-refractivity contribution in [1.82, 2.24) is 24.6 Å². The predicted octanol–water partition coefficient (Wildman–Crippen LogP) is 3.43. The summed E-state index contributed by atoms with van der Waals surface area (Å²) in [4.78, 5) is 30.1. The molecule has 0 saturated heterocycles. The Hall–Kier alpha value is -2.32. The van der Waals surface area contributed by atoms with Gasteiger partial charge in [-0.2, -0.15) is 5.10 Å². The molecule has 29 heavy (non-hydrogen) atoms. The molecule has 2 aromatic heterocycles. The zero-order valence-corrected chi connectivity index (χ0v) is 17.8. The Morgan fingerprint density at radius 3 is 3.00 bits per heavy atom. The lowest BCUT2D eigenvalue weighted by atomic mass is 10.1. The van der Waals surface area contributed by atoms with Gasteiger partial charge in [0, 0.05) is 23.7 Å². The number of halogens is 1. The first-order valence-corrected chi connectivity index (χ1v) is 11.0. The number of rotatable bonds is 6. The highest BCUT2D eigenvalue weighted by molar-refractivity contribution is 7.99. The number of thioether (sulfide) groups is 1. The van der Waals surface area contributed by atoms with E-state index in [-0.39, 0.29) is 23.9 Å². The third-order valence-electron chi connectivity index (χ3n) is 4.89. The van der Waals surface area contributed by atoms with E-state index < -0.39 is 0 Å². The summed E-state index contributed by atoms with van der Waals surface area (Å²) < 4.78 is 3.26. The van der Waals surface area contributed by atoms with Gasteiger partial charge in [0.2, 0.25) is 5.91 Å². The van der Waals surface area contributed by atoms with E-state index in [0.29, 0.717) is 39.4 Å². The van der Waals surface area contributed by atoms with Crippen molar-refractivity contribution >= 4 is 40.3 Å². The summed E-state index contributed by atoms with van der Waals surface area (Å²) in [6.45, 7) is 4.90. The first-order chi connectivity index (χ1) is 13.9. The van der Waals surface area contributed by atoms with Gasteiger partial charge in [-0.3, -0.25) is 14.2 Å². The SMILES string of the molecule is CC(C)CCNC(=O)CC1CSc2nc3c(cnn3-c3cccc(Cl)c3)c(=O)n21. The topological polar surface area (TPSA) is 81.8 Å². The maximum absolute atomic E-state index is 13.1. The molecule has 1 atom stereocenters. The summed E-state index contributed by atoms with van der Waals surface area (Å²) in [7, 11) is 0. The average molecular weight is 432 g/mol. The molecule has 4 rings (SSSR count). The Morgan fingerprint density at radius 2 is 2.24 bits per heavy atom. The predicted molar refractivity (Wildman–Crippen MR) is 115 cm³/mol. The molecule has 3 heterocycles. The van der Waals surface area contributed by atoms with Crippen molar-refractivity contribution in [3.05, 3.63) is 45.8 Å². The molecule has 9 heteroatoms.